The highest BCUT2D eigenvalue weighted by atomic mass is 16.2. The lowest BCUT2D eigenvalue weighted by Gasteiger charge is -2.26. The monoisotopic (exact) mass is 415 g/mol. The van der Waals surface area contributed by atoms with Crippen LogP contribution in [0.5, 0.6) is 0 Å². The number of nitrogens with zero attached hydrogens (tertiary/aromatic N) is 3. The van der Waals surface area contributed by atoms with Gasteiger partial charge >= 0.3 is 0 Å². The van der Waals surface area contributed by atoms with Crippen LogP contribution in [0.1, 0.15) is 25.3 Å². The van der Waals surface area contributed by atoms with Gasteiger partial charge in [0, 0.05) is 26.4 Å². The molecule has 1 aromatic rings. The summed E-state index contributed by atoms with van der Waals surface area (Å²) < 4.78 is 0. The van der Waals surface area contributed by atoms with E-state index < -0.39 is 6.04 Å². The molecule has 0 saturated carbocycles. The van der Waals surface area contributed by atoms with Crippen molar-refractivity contribution >= 4 is 35.1 Å². The molecule has 7 heteroatoms. The second-order valence-electron chi connectivity index (χ2n) is 7.58. The van der Waals surface area contributed by atoms with Gasteiger partial charge in [0.2, 0.25) is 5.91 Å². The van der Waals surface area contributed by atoms with E-state index in [2.05, 4.69) is 43.9 Å². The van der Waals surface area contributed by atoms with Crippen LogP contribution in [0, 0.1) is 0 Å². The predicted octanol–water partition coefficient (Wildman–Crippen LogP) is 3.08. The number of likely N-dealkylation sites (N-methyl/N-ethyl adjacent to an activating group) is 1. The van der Waals surface area contributed by atoms with Crippen LogP contribution in [0.4, 0.5) is 11.4 Å². The van der Waals surface area contributed by atoms with Crippen molar-refractivity contribution in [2.24, 2.45) is 9.98 Å². The number of carbonyl (C=O) groups excluding carboxylic acids is 2. The fourth-order valence-corrected chi connectivity index (χ4v) is 3.79. The smallest absolute Gasteiger partial charge is 0.248 e. The zero-order valence-corrected chi connectivity index (χ0v) is 17.7. The molecule has 1 amide bonds. The van der Waals surface area contributed by atoms with Crippen LogP contribution in [-0.4, -0.2) is 48.3 Å². The molecule has 0 aromatic heterocycles. The summed E-state index contributed by atoms with van der Waals surface area (Å²) in [6.07, 6.45) is 11.4. The molecule has 0 bridgehead atoms. The molecule has 0 fully saturated rings. The maximum atomic E-state index is 11.7. The Kier molecular flexibility index (Phi) is 5.96. The molecule has 0 saturated heterocycles. The molecule has 1 unspecified atom stereocenters. The molecule has 0 radical (unpaired) electrons. The van der Waals surface area contributed by atoms with Crippen molar-refractivity contribution < 1.29 is 9.59 Å². The van der Waals surface area contributed by atoms with Gasteiger partial charge in [0.15, 0.2) is 5.94 Å². The Morgan fingerprint density at radius 1 is 1.35 bits per heavy atom. The number of aliphatic imine (C=N–C) groups is 2. The number of anilines is 1. The van der Waals surface area contributed by atoms with Crippen LogP contribution >= 0.6 is 0 Å². The van der Waals surface area contributed by atoms with Crippen molar-refractivity contribution in [3.63, 3.8) is 0 Å². The van der Waals surface area contributed by atoms with Crippen molar-refractivity contribution in [3.05, 3.63) is 65.0 Å². The second kappa shape index (κ2) is 8.98. The van der Waals surface area contributed by atoms with Gasteiger partial charge < -0.3 is 15.5 Å². The third kappa shape index (κ3) is 4.42. The van der Waals surface area contributed by atoms with Gasteiger partial charge in [0.1, 0.15) is 11.7 Å². The first-order chi connectivity index (χ1) is 15.1. The van der Waals surface area contributed by atoms with E-state index in [0.717, 1.165) is 47.7 Å². The maximum absolute atomic E-state index is 11.7. The molecule has 0 aliphatic carbocycles. The molecule has 1 aromatic carbocycles. The molecule has 7 nitrogen and oxygen atoms in total. The summed E-state index contributed by atoms with van der Waals surface area (Å²) in [6, 6.07) is 5.66. The first-order valence-corrected chi connectivity index (χ1v) is 10.4. The van der Waals surface area contributed by atoms with Crippen molar-refractivity contribution in [1.29, 1.82) is 0 Å². The summed E-state index contributed by atoms with van der Waals surface area (Å²) >= 11 is 0. The molecule has 1 atom stereocenters. The summed E-state index contributed by atoms with van der Waals surface area (Å²) in [6.45, 7) is 3.62. The van der Waals surface area contributed by atoms with Crippen molar-refractivity contribution in [2.75, 3.05) is 18.9 Å². The summed E-state index contributed by atoms with van der Waals surface area (Å²) in [4.78, 5) is 34.0. The van der Waals surface area contributed by atoms with Crippen LogP contribution in [0.3, 0.4) is 0 Å². The van der Waals surface area contributed by atoms with Crippen LogP contribution in [-0.2, 0) is 16.1 Å². The van der Waals surface area contributed by atoms with E-state index >= 15 is 0 Å². The van der Waals surface area contributed by atoms with Gasteiger partial charge in [0.25, 0.3) is 0 Å². The van der Waals surface area contributed by atoms with Crippen LogP contribution < -0.4 is 10.6 Å². The summed E-state index contributed by atoms with van der Waals surface area (Å²) in [5.74, 6) is 1.85. The molecule has 0 spiro atoms. The minimum absolute atomic E-state index is 0.103. The average Bonchev–Trinajstić information content (AvgIpc) is 2.83. The highest BCUT2D eigenvalue weighted by Gasteiger charge is 2.19. The summed E-state index contributed by atoms with van der Waals surface area (Å²) in [7, 11) is 1.62. The van der Waals surface area contributed by atoms with Gasteiger partial charge in [0.05, 0.1) is 17.1 Å². The van der Waals surface area contributed by atoms with Gasteiger partial charge in [-0.2, -0.15) is 0 Å². The van der Waals surface area contributed by atoms with Gasteiger partial charge in [-0.3, -0.25) is 9.79 Å². The molecule has 3 aliphatic heterocycles. The number of benzene rings is 1. The Hall–Kier alpha value is -3.70. The lowest BCUT2D eigenvalue weighted by atomic mass is 10.00. The first kappa shape index (κ1) is 20.6. The quantitative estimate of drug-likeness (QED) is 0.740. The molecular formula is C24H25N5O2. The Labute approximate surface area is 181 Å². The SMILES string of the molecule is CCC1=Nc2ccc(CN3C=CC(=C4C=CC(C(=O)NC)N=C4)CC3)cc2NC1=C=O. The first-order valence-electron chi connectivity index (χ1n) is 10.4. The maximum Gasteiger partial charge on any atom is 0.248 e. The van der Waals surface area contributed by atoms with Gasteiger partial charge in [-0.1, -0.05) is 25.1 Å². The third-order valence-electron chi connectivity index (χ3n) is 5.56. The molecule has 31 heavy (non-hydrogen) atoms. The minimum Gasteiger partial charge on any atom is -0.373 e. The lowest BCUT2D eigenvalue weighted by molar-refractivity contribution is -0.120. The molecule has 2 N–H and O–H groups in total. The van der Waals surface area contributed by atoms with Crippen molar-refractivity contribution in [2.45, 2.75) is 32.4 Å². The Balaban J connectivity index is 1.44. The minimum atomic E-state index is -0.441. The fraction of sp³-hybridized carbons (Fsp3) is 0.292. The number of rotatable bonds is 4. The van der Waals surface area contributed by atoms with Gasteiger partial charge in [-0.25, -0.2) is 9.79 Å². The molecule has 3 aliphatic rings. The Morgan fingerprint density at radius 2 is 2.23 bits per heavy atom. The Morgan fingerprint density at radius 3 is 2.87 bits per heavy atom. The van der Waals surface area contributed by atoms with Crippen molar-refractivity contribution in [3.8, 4) is 0 Å². The average molecular weight is 415 g/mol. The predicted molar refractivity (Wildman–Crippen MR) is 123 cm³/mol. The zero-order chi connectivity index (χ0) is 21.8. The standard InChI is InChI=1S/C24H25N5O2/c1-3-19-23(15-30)28-22-12-16(4-6-20(22)27-19)14-29-10-8-17(9-11-29)18-5-7-21(26-13-18)24(31)25-2/h4-8,10,12-13,21,28H,3,9,11,14H2,1-2H3,(H,25,31). The van der Waals surface area contributed by atoms with Crippen LogP contribution in [0.15, 0.2) is 69.5 Å². The molecule has 158 valence electrons. The van der Waals surface area contributed by atoms with E-state index in [-0.39, 0.29) is 5.91 Å². The van der Waals surface area contributed by atoms with Gasteiger partial charge in [-0.15, -0.1) is 0 Å². The van der Waals surface area contributed by atoms with Gasteiger partial charge in [-0.05, 0) is 54.0 Å². The molecule has 4 rings (SSSR count). The summed E-state index contributed by atoms with van der Waals surface area (Å²) in [5, 5.41) is 5.77. The van der Waals surface area contributed by atoms with E-state index in [1.807, 2.05) is 37.1 Å². The van der Waals surface area contributed by atoms with E-state index in [0.29, 0.717) is 12.1 Å². The largest absolute Gasteiger partial charge is 0.373 e. The highest BCUT2D eigenvalue weighted by molar-refractivity contribution is 6.12. The third-order valence-corrected chi connectivity index (χ3v) is 5.56. The van der Waals surface area contributed by atoms with E-state index in [4.69, 9.17) is 0 Å². The number of hydrogen-bond acceptors (Lipinski definition) is 6. The lowest BCUT2D eigenvalue weighted by Crippen LogP contribution is -2.30. The molecule has 3 heterocycles. The number of nitrogens with one attached hydrogen (secondary N) is 2. The Bertz CT molecular complexity index is 1090. The summed E-state index contributed by atoms with van der Waals surface area (Å²) in [5.41, 5.74) is 6.23. The van der Waals surface area contributed by atoms with Crippen molar-refractivity contribution in [1.82, 2.24) is 10.2 Å². The number of fused-ring (bicyclic) bond motifs is 1. The normalized spacial score (nSPS) is 21.9. The van der Waals surface area contributed by atoms with Crippen LogP contribution in [0.2, 0.25) is 0 Å². The van der Waals surface area contributed by atoms with E-state index in [9.17, 15) is 9.59 Å². The fourth-order valence-electron chi connectivity index (χ4n) is 3.79. The number of carbonyl (C=O) groups is 1. The molecular weight excluding hydrogens is 390 g/mol. The van der Waals surface area contributed by atoms with E-state index in [1.54, 1.807) is 13.3 Å². The van der Waals surface area contributed by atoms with E-state index in [1.165, 1.54) is 5.57 Å². The highest BCUT2D eigenvalue weighted by Crippen LogP contribution is 2.32. The van der Waals surface area contributed by atoms with Crippen LogP contribution in [0.25, 0.3) is 0 Å². The topological polar surface area (TPSA) is 86.2 Å². The second-order valence-corrected chi connectivity index (χ2v) is 7.58. The number of amides is 1. The number of hydrogen-bond donors (Lipinski definition) is 2. The zero-order valence-electron chi connectivity index (χ0n) is 17.7. The number of allylic oxidation sites excluding steroid dienone is 4. The number of dihydropyridines is 1.